The van der Waals surface area contributed by atoms with Crippen LogP contribution in [-0.4, -0.2) is 40.1 Å². The first-order chi connectivity index (χ1) is 9.00. The summed E-state index contributed by atoms with van der Waals surface area (Å²) >= 11 is 0. The van der Waals surface area contributed by atoms with Gasteiger partial charge >= 0.3 is 5.97 Å². The molecule has 0 unspecified atom stereocenters. The van der Waals surface area contributed by atoms with Gasteiger partial charge in [-0.25, -0.2) is 0 Å². The highest BCUT2D eigenvalue weighted by Crippen LogP contribution is 2.35. The normalized spacial score (nSPS) is 18.3. The summed E-state index contributed by atoms with van der Waals surface area (Å²) < 4.78 is 4.95. The van der Waals surface area contributed by atoms with Crippen molar-refractivity contribution in [1.82, 2.24) is 10.1 Å². The van der Waals surface area contributed by atoms with Crippen molar-refractivity contribution in [1.29, 1.82) is 0 Å². The van der Waals surface area contributed by atoms with Crippen molar-refractivity contribution in [3.8, 4) is 0 Å². The zero-order chi connectivity index (χ0) is 14.0. The number of hydrogen-bond acceptors (Lipinski definition) is 4. The monoisotopic (exact) mass is 266 g/mol. The van der Waals surface area contributed by atoms with E-state index in [0.717, 1.165) is 0 Å². The van der Waals surface area contributed by atoms with Crippen LogP contribution in [0, 0.1) is 12.3 Å². The second-order valence-corrected chi connectivity index (χ2v) is 5.07. The first kappa shape index (κ1) is 13.6. The lowest BCUT2D eigenvalue weighted by molar-refractivity contribution is -0.152. The number of hydrogen-bond donors (Lipinski definition) is 1. The van der Waals surface area contributed by atoms with Crippen LogP contribution in [0.15, 0.2) is 10.7 Å². The van der Waals surface area contributed by atoms with Gasteiger partial charge in [-0.15, -0.1) is 0 Å². The predicted octanol–water partition coefficient (Wildman–Crippen LogP) is 1.70. The number of rotatable bonds is 3. The van der Waals surface area contributed by atoms with Gasteiger partial charge in [0.25, 0.3) is 5.91 Å². The van der Waals surface area contributed by atoms with Gasteiger partial charge in [0.05, 0.1) is 11.6 Å². The van der Waals surface area contributed by atoms with Crippen molar-refractivity contribution < 1.29 is 19.2 Å². The summed E-state index contributed by atoms with van der Waals surface area (Å²) in [4.78, 5) is 25.2. The van der Waals surface area contributed by atoms with E-state index in [2.05, 4.69) is 5.16 Å². The van der Waals surface area contributed by atoms with Crippen molar-refractivity contribution in [3.05, 3.63) is 17.5 Å². The molecule has 0 aromatic carbocycles. The molecule has 1 aromatic heterocycles. The summed E-state index contributed by atoms with van der Waals surface area (Å²) in [6.07, 6.45) is 3.06. The van der Waals surface area contributed by atoms with E-state index in [9.17, 15) is 14.7 Å². The van der Waals surface area contributed by atoms with Crippen molar-refractivity contribution in [2.45, 2.75) is 33.1 Å². The molecule has 2 heterocycles. The number of aryl methyl sites for hydroxylation is 1. The number of amides is 1. The van der Waals surface area contributed by atoms with Crippen LogP contribution < -0.4 is 0 Å². The van der Waals surface area contributed by atoms with Gasteiger partial charge in [0.1, 0.15) is 0 Å². The molecule has 0 saturated carbocycles. The summed E-state index contributed by atoms with van der Waals surface area (Å²) in [5, 5.41) is 12.9. The van der Waals surface area contributed by atoms with Crippen LogP contribution in [0.5, 0.6) is 0 Å². The Labute approximate surface area is 111 Å². The summed E-state index contributed by atoms with van der Waals surface area (Å²) in [5.41, 5.74) is 0.0170. The minimum Gasteiger partial charge on any atom is -0.481 e. The molecule has 19 heavy (non-hydrogen) atoms. The number of aliphatic carboxylic acids is 1. The lowest BCUT2D eigenvalue weighted by Gasteiger charge is -2.37. The quantitative estimate of drug-likeness (QED) is 0.900. The van der Waals surface area contributed by atoms with Gasteiger partial charge in [-0.05, 0) is 26.2 Å². The topological polar surface area (TPSA) is 83.6 Å². The molecule has 1 aromatic rings. The third-order valence-electron chi connectivity index (χ3n) is 4.08. The second-order valence-electron chi connectivity index (χ2n) is 5.07. The Kier molecular flexibility index (Phi) is 3.59. The van der Waals surface area contributed by atoms with E-state index < -0.39 is 11.4 Å². The van der Waals surface area contributed by atoms with E-state index in [1.165, 1.54) is 6.20 Å². The second kappa shape index (κ2) is 5.03. The Balaban J connectivity index is 2.06. The van der Waals surface area contributed by atoms with Gasteiger partial charge < -0.3 is 14.5 Å². The van der Waals surface area contributed by atoms with Crippen molar-refractivity contribution in [2.75, 3.05) is 13.1 Å². The van der Waals surface area contributed by atoms with Crippen LogP contribution in [0.3, 0.4) is 0 Å². The SMILES string of the molecule is CCC1(C(=O)O)CCN(C(=O)c2oncc2C)CC1. The lowest BCUT2D eigenvalue weighted by Crippen LogP contribution is -2.46. The van der Waals surface area contributed by atoms with Crippen LogP contribution in [0.25, 0.3) is 0 Å². The Morgan fingerprint density at radius 2 is 2.11 bits per heavy atom. The van der Waals surface area contributed by atoms with Gasteiger partial charge in [0, 0.05) is 18.7 Å². The smallest absolute Gasteiger partial charge is 0.309 e. The average Bonchev–Trinajstić information content (AvgIpc) is 2.84. The molecule has 6 heteroatoms. The van der Waals surface area contributed by atoms with E-state index >= 15 is 0 Å². The van der Waals surface area contributed by atoms with Gasteiger partial charge in [-0.3, -0.25) is 9.59 Å². The summed E-state index contributed by atoms with van der Waals surface area (Å²) in [6.45, 7) is 4.53. The first-order valence-electron chi connectivity index (χ1n) is 6.44. The molecule has 1 aliphatic heterocycles. The first-order valence-corrected chi connectivity index (χ1v) is 6.44. The molecule has 0 aliphatic carbocycles. The third kappa shape index (κ3) is 2.34. The Bertz CT molecular complexity index is 487. The number of likely N-dealkylation sites (tertiary alicyclic amines) is 1. The highest BCUT2D eigenvalue weighted by atomic mass is 16.5. The van der Waals surface area contributed by atoms with E-state index in [-0.39, 0.29) is 11.7 Å². The number of carbonyl (C=O) groups is 2. The summed E-state index contributed by atoms with van der Waals surface area (Å²) in [5.74, 6) is -0.720. The highest BCUT2D eigenvalue weighted by Gasteiger charge is 2.41. The van der Waals surface area contributed by atoms with Crippen LogP contribution in [-0.2, 0) is 4.79 Å². The minimum absolute atomic E-state index is 0.204. The van der Waals surface area contributed by atoms with Crippen molar-refractivity contribution >= 4 is 11.9 Å². The molecular weight excluding hydrogens is 248 g/mol. The lowest BCUT2D eigenvalue weighted by atomic mass is 9.76. The number of aromatic nitrogens is 1. The highest BCUT2D eigenvalue weighted by molar-refractivity contribution is 5.92. The van der Waals surface area contributed by atoms with Crippen LogP contribution >= 0.6 is 0 Å². The molecule has 1 fully saturated rings. The fourth-order valence-electron chi connectivity index (χ4n) is 2.50. The van der Waals surface area contributed by atoms with Crippen molar-refractivity contribution in [2.24, 2.45) is 5.41 Å². The number of carboxylic acid groups (broad SMARTS) is 1. The standard InChI is InChI=1S/C13H18N2O4/c1-3-13(12(17)18)4-6-15(7-5-13)11(16)10-9(2)8-14-19-10/h8H,3-7H2,1-2H3,(H,17,18). The maximum Gasteiger partial charge on any atom is 0.309 e. The largest absolute Gasteiger partial charge is 0.481 e. The van der Waals surface area contributed by atoms with Gasteiger partial charge in [-0.1, -0.05) is 12.1 Å². The predicted molar refractivity (Wildman–Crippen MR) is 66.7 cm³/mol. The van der Waals surface area contributed by atoms with Gasteiger partial charge in [0.2, 0.25) is 5.76 Å². The van der Waals surface area contributed by atoms with Gasteiger partial charge in [0.15, 0.2) is 0 Å². The molecular formula is C13H18N2O4. The minimum atomic E-state index is -0.766. The molecule has 0 radical (unpaired) electrons. The molecule has 0 bridgehead atoms. The molecule has 1 aliphatic rings. The number of nitrogens with zero attached hydrogens (tertiary/aromatic N) is 2. The zero-order valence-electron chi connectivity index (χ0n) is 11.2. The Morgan fingerprint density at radius 3 is 2.53 bits per heavy atom. The van der Waals surface area contributed by atoms with Crippen molar-refractivity contribution in [3.63, 3.8) is 0 Å². The molecule has 1 saturated heterocycles. The van der Waals surface area contributed by atoms with E-state index in [1.54, 1.807) is 11.8 Å². The molecule has 6 nitrogen and oxygen atoms in total. The zero-order valence-corrected chi connectivity index (χ0v) is 11.2. The van der Waals surface area contributed by atoms with Crippen LogP contribution in [0.4, 0.5) is 0 Å². The molecule has 0 atom stereocenters. The van der Waals surface area contributed by atoms with E-state index in [1.807, 2.05) is 6.92 Å². The fraction of sp³-hybridized carbons (Fsp3) is 0.615. The summed E-state index contributed by atoms with van der Waals surface area (Å²) in [6, 6.07) is 0. The number of carboxylic acids is 1. The van der Waals surface area contributed by atoms with Crippen LogP contribution in [0.1, 0.15) is 42.3 Å². The fourth-order valence-corrected chi connectivity index (χ4v) is 2.50. The molecule has 2 rings (SSSR count). The molecule has 1 amide bonds. The van der Waals surface area contributed by atoms with E-state index in [4.69, 9.17) is 4.52 Å². The van der Waals surface area contributed by atoms with Gasteiger partial charge in [-0.2, -0.15) is 0 Å². The summed E-state index contributed by atoms with van der Waals surface area (Å²) in [7, 11) is 0. The average molecular weight is 266 g/mol. The molecule has 104 valence electrons. The number of carbonyl (C=O) groups excluding carboxylic acids is 1. The third-order valence-corrected chi connectivity index (χ3v) is 4.08. The maximum absolute atomic E-state index is 12.2. The molecule has 0 spiro atoms. The molecule has 1 N–H and O–H groups in total. The van der Waals surface area contributed by atoms with E-state index in [0.29, 0.717) is 37.9 Å². The van der Waals surface area contributed by atoms with Crippen LogP contribution in [0.2, 0.25) is 0 Å². The Hall–Kier alpha value is -1.85. The maximum atomic E-state index is 12.2. The number of piperidine rings is 1. The Morgan fingerprint density at radius 1 is 1.47 bits per heavy atom.